The van der Waals surface area contributed by atoms with Crippen molar-refractivity contribution in [1.29, 1.82) is 0 Å². The van der Waals surface area contributed by atoms with Crippen molar-refractivity contribution in [1.82, 2.24) is 14.5 Å². The fourth-order valence-electron chi connectivity index (χ4n) is 4.15. The Morgan fingerprint density at radius 3 is 2.60 bits per heavy atom. The number of amides is 1. The van der Waals surface area contributed by atoms with Gasteiger partial charge in [0.05, 0.1) is 37.7 Å². The van der Waals surface area contributed by atoms with E-state index in [-0.39, 0.29) is 24.1 Å². The first kappa shape index (κ1) is 19.9. The Hall–Kier alpha value is -3.42. The molecule has 158 valence electrons. The molecule has 2 aromatic carbocycles. The molecular weight excluding hydrogens is 384 g/mol. The van der Waals surface area contributed by atoms with Crippen LogP contribution in [-0.4, -0.2) is 47.7 Å². The summed E-state index contributed by atoms with van der Waals surface area (Å²) in [5.74, 6) is 1.32. The van der Waals surface area contributed by atoms with E-state index in [9.17, 15) is 9.59 Å². The van der Waals surface area contributed by atoms with E-state index in [0.717, 1.165) is 29.4 Å². The van der Waals surface area contributed by atoms with Gasteiger partial charge in [0.15, 0.2) is 0 Å². The van der Waals surface area contributed by atoms with Crippen molar-refractivity contribution in [3.8, 4) is 11.5 Å². The summed E-state index contributed by atoms with van der Waals surface area (Å²) in [6.07, 6.45) is 1.91. The van der Waals surface area contributed by atoms with E-state index in [1.807, 2.05) is 23.1 Å². The summed E-state index contributed by atoms with van der Waals surface area (Å²) in [5.41, 5.74) is 8.71. The number of aromatic nitrogens is 2. The number of carbonyl (C=O) groups is 1. The molecule has 1 aliphatic heterocycles. The molecule has 1 saturated heterocycles. The fourth-order valence-corrected chi connectivity index (χ4v) is 4.15. The van der Waals surface area contributed by atoms with Crippen molar-refractivity contribution in [2.45, 2.75) is 25.3 Å². The van der Waals surface area contributed by atoms with Crippen LogP contribution in [0.15, 0.2) is 41.2 Å². The van der Waals surface area contributed by atoms with Crippen LogP contribution in [-0.2, 0) is 11.2 Å². The minimum absolute atomic E-state index is 0.0161. The van der Waals surface area contributed by atoms with Crippen molar-refractivity contribution in [3.63, 3.8) is 0 Å². The molecule has 1 amide bonds. The summed E-state index contributed by atoms with van der Waals surface area (Å²) in [5, 5.41) is 0. The highest BCUT2D eigenvalue weighted by atomic mass is 16.5. The van der Waals surface area contributed by atoms with Crippen molar-refractivity contribution >= 4 is 22.6 Å². The van der Waals surface area contributed by atoms with E-state index in [0.29, 0.717) is 30.3 Å². The minimum Gasteiger partial charge on any atom is -0.497 e. The number of anilines is 1. The molecule has 1 fully saturated rings. The zero-order chi connectivity index (χ0) is 21.3. The van der Waals surface area contributed by atoms with Crippen LogP contribution in [0, 0.1) is 0 Å². The van der Waals surface area contributed by atoms with Crippen LogP contribution in [0.5, 0.6) is 11.5 Å². The zero-order valence-electron chi connectivity index (χ0n) is 17.2. The predicted molar refractivity (Wildman–Crippen MR) is 115 cm³/mol. The smallest absolute Gasteiger partial charge is 0.326 e. The number of H-pyrrole nitrogens is 1. The van der Waals surface area contributed by atoms with Gasteiger partial charge in [-0.05, 0) is 48.7 Å². The highest BCUT2D eigenvalue weighted by Gasteiger charge is 2.27. The van der Waals surface area contributed by atoms with Gasteiger partial charge in [-0.2, -0.15) is 0 Å². The quantitative estimate of drug-likeness (QED) is 0.629. The first-order valence-electron chi connectivity index (χ1n) is 9.98. The van der Waals surface area contributed by atoms with Crippen molar-refractivity contribution in [2.24, 2.45) is 0 Å². The van der Waals surface area contributed by atoms with Crippen molar-refractivity contribution in [2.75, 3.05) is 33.0 Å². The molecule has 1 aliphatic rings. The second-order valence-corrected chi connectivity index (χ2v) is 7.61. The number of fused-ring (bicyclic) bond motifs is 1. The van der Waals surface area contributed by atoms with E-state index in [4.69, 9.17) is 15.2 Å². The van der Waals surface area contributed by atoms with Crippen molar-refractivity contribution in [3.05, 3.63) is 52.4 Å². The van der Waals surface area contributed by atoms with Crippen LogP contribution >= 0.6 is 0 Å². The van der Waals surface area contributed by atoms with E-state index < -0.39 is 0 Å². The monoisotopic (exact) mass is 410 g/mol. The summed E-state index contributed by atoms with van der Waals surface area (Å²) < 4.78 is 12.3. The molecule has 0 unspecified atom stereocenters. The minimum atomic E-state index is -0.174. The lowest BCUT2D eigenvalue weighted by atomic mass is 10.0. The van der Waals surface area contributed by atoms with Gasteiger partial charge in [0.25, 0.3) is 0 Å². The highest BCUT2D eigenvalue weighted by molar-refractivity contribution is 5.80. The number of rotatable bonds is 5. The summed E-state index contributed by atoms with van der Waals surface area (Å²) in [7, 11) is 3.17. The van der Waals surface area contributed by atoms with E-state index in [1.165, 1.54) is 0 Å². The molecule has 0 aliphatic carbocycles. The number of nitrogen functional groups attached to an aromatic ring is 1. The Bertz CT molecular complexity index is 1110. The zero-order valence-corrected chi connectivity index (χ0v) is 17.2. The number of likely N-dealkylation sites (tertiary alicyclic amines) is 1. The number of aromatic amines is 1. The number of hydrogen-bond acceptors (Lipinski definition) is 5. The Morgan fingerprint density at radius 2 is 1.90 bits per heavy atom. The van der Waals surface area contributed by atoms with Gasteiger partial charge in [-0.25, -0.2) is 4.79 Å². The largest absolute Gasteiger partial charge is 0.497 e. The number of hydrogen-bond donors (Lipinski definition) is 2. The van der Waals surface area contributed by atoms with Crippen LogP contribution in [0.25, 0.3) is 11.0 Å². The molecule has 0 saturated carbocycles. The Morgan fingerprint density at radius 1 is 1.17 bits per heavy atom. The average Bonchev–Trinajstić information content (AvgIpc) is 3.08. The Balaban J connectivity index is 1.55. The predicted octanol–water partition coefficient (Wildman–Crippen LogP) is 2.34. The SMILES string of the molecule is COc1cc(CC(=O)N2CCC[C@H](n3c(=O)[nH]c4ccc(N)cc43)C2)cc(OC)c1. The Labute approximate surface area is 174 Å². The van der Waals surface area contributed by atoms with E-state index >= 15 is 0 Å². The second-order valence-electron chi connectivity index (χ2n) is 7.61. The number of ether oxygens (including phenoxy) is 2. The molecule has 0 spiro atoms. The van der Waals surface area contributed by atoms with Gasteiger partial charge in [-0.3, -0.25) is 9.36 Å². The number of nitrogens with one attached hydrogen (secondary N) is 1. The van der Waals surface area contributed by atoms with Crippen LogP contribution < -0.4 is 20.9 Å². The van der Waals surface area contributed by atoms with Crippen LogP contribution in [0.1, 0.15) is 24.4 Å². The van der Waals surface area contributed by atoms with E-state index in [2.05, 4.69) is 4.98 Å². The summed E-state index contributed by atoms with van der Waals surface area (Å²) >= 11 is 0. The molecule has 1 aromatic heterocycles. The normalized spacial score (nSPS) is 16.6. The van der Waals surface area contributed by atoms with Gasteiger partial charge >= 0.3 is 5.69 Å². The lowest BCUT2D eigenvalue weighted by molar-refractivity contribution is -0.132. The van der Waals surface area contributed by atoms with Crippen molar-refractivity contribution < 1.29 is 14.3 Å². The highest BCUT2D eigenvalue weighted by Crippen LogP contribution is 2.27. The number of nitrogens with zero attached hydrogens (tertiary/aromatic N) is 2. The standard InChI is InChI=1S/C22H26N4O4/c1-29-17-8-14(9-18(12-17)30-2)10-21(27)25-7-3-4-16(13-25)26-20-11-15(23)5-6-19(20)24-22(26)28/h5-6,8-9,11-12,16H,3-4,7,10,13,23H2,1-2H3,(H,24,28)/t16-/m0/s1. The maximum absolute atomic E-state index is 13.0. The van der Waals surface area contributed by atoms with Gasteiger partial charge in [0, 0.05) is 24.8 Å². The van der Waals surface area contributed by atoms with Gasteiger partial charge in [0.1, 0.15) is 11.5 Å². The number of methoxy groups -OCH3 is 2. The molecule has 0 bridgehead atoms. The lowest BCUT2D eigenvalue weighted by Gasteiger charge is -2.33. The van der Waals surface area contributed by atoms with Crippen LogP contribution in [0.3, 0.4) is 0 Å². The number of imidazole rings is 1. The van der Waals surface area contributed by atoms with Gasteiger partial charge < -0.3 is 25.1 Å². The van der Waals surface area contributed by atoms with Gasteiger partial charge in [-0.1, -0.05) is 0 Å². The molecule has 3 N–H and O–H groups in total. The summed E-state index contributed by atoms with van der Waals surface area (Å²) in [6, 6.07) is 10.7. The Kier molecular flexibility index (Phi) is 5.39. The molecule has 8 nitrogen and oxygen atoms in total. The number of piperidine rings is 1. The summed E-state index contributed by atoms with van der Waals surface area (Å²) in [6.45, 7) is 1.16. The first-order valence-corrected chi connectivity index (χ1v) is 9.98. The van der Waals surface area contributed by atoms with Crippen LogP contribution in [0.4, 0.5) is 5.69 Å². The lowest BCUT2D eigenvalue weighted by Crippen LogP contribution is -2.43. The van der Waals surface area contributed by atoms with Crippen LogP contribution in [0.2, 0.25) is 0 Å². The first-order chi connectivity index (χ1) is 14.5. The molecule has 0 radical (unpaired) electrons. The fraction of sp³-hybridized carbons (Fsp3) is 0.364. The molecule has 1 atom stereocenters. The number of nitrogens with two attached hydrogens (primary N) is 1. The molecular formula is C22H26N4O4. The molecule has 2 heterocycles. The molecule has 30 heavy (non-hydrogen) atoms. The maximum Gasteiger partial charge on any atom is 0.326 e. The van der Waals surface area contributed by atoms with Gasteiger partial charge in [0.2, 0.25) is 5.91 Å². The maximum atomic E-state index is 13.0. The summed E-state index contributed by atoms with van der Waals surface area (Å²) in [4.78, 5) is 30.3. The molecule has 3 aromatic rings. The topological polar surface area (TPSA) is 103 Å². The third kappa shape index (κ3) is 3.85. The molecule has 8 heteroatoms. The number of benzene rings is 2. The van der Waals surface area contributed by atoms with Gasteiger partial charge in [-0.15, -0.1) is 0 Å². The average molecular weight is 410 g/mol. The van der Waals surface area contributed by atoms with E-state index in [1.54, 1.807) is 37.0 Å². The third-order valence-electron chi connectivity index (χ3n) is 5.62. The molecule has 4 rings (SSSR count). The number of carbonyl (C=O) groups excluding carboxylic acids is 1. The third-order valence-corrected chi connectivity index (χ3v) is 5.62. The second kappa shape index (κ2) is 8.14.